The Bertz CT molecular complexity index is 633. The fourth-order valence-electron chi connectivity index (χ4n) is 2.90. The molecule has 0 unspecified atom stereocenters. The molecule has 0 radical (unpaired) electrons. The summed E-state index contributed by atoms with van der Waals surface area (Å²) >= 11 is 5.03. The number of hydrogen-bond acceptors (Lipinski definition) is 3. The average Bonchev–Trinajstić information content (AvgIpc) is 2.83. The maximum atomic E-state index is 13.2. The van der Waals surface area contributed by atoms with Crippen molar-refractivity contribution in [1.29, 1.82) is 0 Å². The van der Waals surface area contributed by atoms with Crippen molar-refractivity contribution in [2.24, 2.45) is 5.73 Å². The zero-order valence-corrected chi connectivity index (χ0v) is 14.1. The van der Waals surface area contributed by atoms with Crippen LogP contribution >= 0.6 is 27.3 Å². The van der Waals surface area contributed by atoms with Gasteiger partial charge in [0, 0.05) is 15.4 Å². The summed E-state index contributed by atoms with van der Waals surface area (Å²) < 4.78 is 13.9. The third-order valence-corrected chi connectivity index (χ3v) is 5.85. The van der Waals surface area contributed by atoms with Crippen LogP contribution in [0.5, 0.6) is 0 Å². The quantitative estimate of drug-likeness (QED) is 0.737. The lowest BCUT2D eigenvalue weighted by atomic mass is 9.92. The van der Waals surface area contributed by atoms with E-state index in [2.05, 4.69) is 15.9 Å². The highest BCUT2D eigenvalue weighted by Gasteiger charge is 2.31. The maximum Gasteiger partial charge on any atom is 0.124 e. The summed E-state index contributed by atoms with van der Waals surface area (Å²) in [6, 6.07) is 4.69. The van der Waals surface area contributed by atoms with Gasteiger partial charge in [0.1, 0.15) is 10.8 Å². The second-order valence-corrected chi connectivity index (χ2v) is 7.44. The van der Waals surface area contributed by atoms with Crippen LogP contribution in [0.25, 0.3) is 11.3 Å². The lowest BCUT2D eigenvalue weighted by Crippen LogP contribution is -2.35. The van der Waals surface area contributed by atoms with Gasteiger partial charge in [-0.3, -0.25) is 0 Å². The minimum atomic E-state index is -0.286. The molecule has 1 heterocycles. The van der Waals surface area contributed by atoms with Crippen molar-refractivity contribution in [2.45, 2.75) is 44.1 Å². The van der Waals surface area contributed by atoms with Crippen LogP contribution in [0.4, 0.5) is 4.39 Å². The largest absolute Gasteiger partial charge is 0.319 e. The van der Waals surface area contributed by atoms with Crippen LogP contribution in [-0.2, 0) is 5.54 Å². The van der Waals surface area contributed by atoms with Crippen molar-refractivity contribution in [3.05, 3.63) is 38.9 Å². The molecule has 112 valence electrons. The Morgan fingerprint density at radius 3 is 2.57 bits per heavy atom. The number of thiazole rings is 1. The molecule has 2 N–H and O–H groups in total. The summed E-state index contributed by atoms with van der Waals surface area (Å²) in [5.41, 5.74) is 8.11. The van der Waals surface area contributed by atoms with E-state index in [-0.39, 0.29) is 11.4 Å². The zero-order chi connectivity index (χ0) is 14.9. The Labute approximate surface area is 136 Å². The van der Waals surface area contributed by atoms with Crippen LogP contribution < -0.4 is 5.73 Å². The molecule has 5 heteroatoms. The van der Waals surface area contributed by atoms with E-state index in [1.807, 2.05) is 5.38 Å². The summed E-state index contributed by atoms with van der Waals surface area (Å²) in [5.74, 6) is -0.250. The van der Waals surface area contributed by atoms with E-state index in [4.69, 9.17) is 10.7 Å². The van der Waals surface area contributed by atoms with Crippen LogP contribution in [0.2, 0.25) is 0 Å². The smallest absolute Gasteiger partial charge is 0.124 e. The predicted molar refractivity (Wildman–Crippen MR) is 88.8 cm³/mol. The normalized spacial score (nSPS) is 18.4. The minimum Gasteiger partial charge on any atom is -0.319 e. The first-order valence-electron chi connectivity index (χ1n) is 7.29. The second-order valence-electron chi connectivity index (χ2n) is 5.73. The van der Waals surface area contributed by atoms with Gasteiger partial charge in [0.25, 0.3) is 0 Å². The molecule has 0 saturated heterocycles. The van der Waals surface area contributed by atoms with Gasteiger partial charge in [0.15, 0.2) is 0 Å². The van der Waals surface area contributed by atoms with Gasteiger partial charge >= 0.3 is 0 Å². The second kappa shape index (κ2) is 6.15. The number of rotatable bonds is 2. The molecule has 21 heavy (non-hydrogen) atoms. The highest BCUT2D eigenvalue weighted by atomic mass is 79.9. The van der Waals surface area contributed by atoms with E-state index in [0.717, 1.165) is 33.6 Å². The maximum absolute atomic E-state index is 13.2. The third-order valence-electron chi connectivity index (χ3n) is 4.13. The van der Waals surface area contributed by atoms with Gasteiger partial charge in [0.05, 0.1) is 11.2 Å². The van der Waals surface area contributed by atoms with Gasteiger partial charge < -0.3 is 5.73 Å². The summed E-state index contributed by atoms with van der Waals surface area (Å²) in [6.07, 6.45) is 6.88. The van der Waals surface area contributed by atoms with Crippen molar-refractivity contribution < 1.29 is 4.39 Å². The molecule has 1 aromatic heterocycles. The molecule has 2 aromatic rings. The average molecular weight is 369 g/mol. The molecule has 1 aliphatic carbocycles. The molecule has 3 rings (SSSR count). The first kappa shape index (κ1) is 15.1. The van der Waals surface area contributed by atoms with Crippen molar-refractivity contribution in [3.8, 4) is 11.3 Å². The zero-order valence-electron chi connectivity index (χ0n) is 11.7. The van der Waals surface area contributed by atoms with E-state index >= 15 is 0 Å². The molecule has 1 aromatic carbocycles. The van der Waals surface area contributed by atoms with Gasteiger partial charge in [-0.05, 0) is 47.0 Å². The molecular weight excluding hydrogens is 351 g/mol. The van der Waals surface area contributed by atoms with Crippen LogP contribution in [0.3, 0.4) is 0 Å². The van der Waals surface area contributed by atoms with E-state index in [1.165, 1.54) is 37.8 Å². The number of benzene rings is 1. The number of hydrogen-bond donors (Lipinski definition) is 1. The summed E-state index contributed by atoms with van der Waals surface area (Å²) in [7, 11) is 0. The highest BCUT2D eigenvalue weighted by molar-refractivity contribution is 9.10. The Hall–Kier alpha value is -0.780. The fourth-order valence-corrected chi connectivity index (χ4v) is 4.44. The Balaban J connectivity index is 1.92. The van der Waals surface area contributed by atoms with Crippen LogP contribution in [0, 0.1) is 5.82 Å². The van der Waals surface area contributed by atoms with Crippen molar-refractivity contribution in [2.75, 3.05) is 0 Å². The van der Waals surface area contributed by atoms with Crippen LogP contribution in [0.15, 0.2) is 28.1 Å². The number of nitrogens with two attached hydrogens (primary N) is 1. The van der Waals surface area contributed by atoms with Crippen LogP contribution in [0.1, 0.15) is 43.5 Å². The molecule has 0 bridgehead atoms. The predicted octanol–water partition coefficient (Wildman–Crippen LogP) is 5.22. The number of halogens is 2. The summed E-state index contributed by atoms with van der Waals surface area (Å²) in [4.78, 5) is 4.75. The first-order chi connectivity index (χ1) is 10.1. The standard InChI is InChI=1S/C16H18BrFN2S/c17-13-9-11(18)5-6-12(13)14-10-21-15(20-14)16(19)7-3-1-2-4-8-16/h5-6,9-10H,1-4,7-8,19H2. The number of aromatic nitrogens is 1. The highest BCUT2D eigenvalue weighted by Crippen LogP contribution is 2.38. The fraction of sp³-hybridized carbons (Fsp3) is 0.438. The number of nitrogens with zero attached hydrogens (tertiary/aromatic N) is 1. The van der Waals surface area contributed by atoms with Crippen molar-refractivity contribution >= 4 is 27.3 Å². The summed E-state index contributed by atoms with van der Waals surface area (Å²) in [6.45, 7) is 0. The Morgan fingerprint density at radius 2 is 1.90 bits per heavy atom. The van der Waals surface area contributed by atoms with Gasteiger partial charge in [0.2, 0.25) is 0 Å². The molecule has 0 spiro atoms. The van der Waals surface area contributed by atoms with Gasteiger partial charge in [-0.1, -0.05) is 25.7 Å². The topological polar surface area (TPSA) is 38.9 Å². The van der Waals surface area contributed by atoms with E-state index in [1.54, 1.807) is 17.4 Å². The minimum absolute atomic E-state index is 0.250. The SMILES string of the molecule is NC1(c2nc(-c3ccc(F)cc3Br)cs2)CCCCCC1. The third kappa shape index (κ3) is 3.20. The lowest BCUT2D eigenvalue weighted by molar-refractivity contribution is 0.384. The van der Waals surface area contributed by atoms with Gasteiger partial charge in [-0.15, -0.1) is 11.3 Å². The molecule has 1 fully saturated rings. The molecule has 0 aliphatic heterocycles. The van der Waals surface area contributed by atoms with E-state index in [0.29, 0.717) is 0 Å². The molecule has 0 atom stereocenters. The molecule has 1 saturated carbocycles. The van der Waals surface area contributed by atoms with E-state index < -0.39 is 0 Å². The Morgan fingerprint density at radius 1 is 1.19 bits per heavy atom. The monoisotopic (exact) mass is 368 g/mol. The first-order valence-corrected chi connectivity index (χ1v) is 8.96. The van der Waals surface area contributed by atoms with Crippen molar-refractivity contribution in [3.63, 3.8) is 0 Å². The van der Waals surface area contributed by atoms with Crippen LogP contribution in [-0.4, -0.2) is 4.98 Å². The van der Waals surface area contributed by atoms with Gasteiger partial charge in [-0.25, -0.2) is 9.37 Å². The lowest BCUT2D eigenvalue weighted by Gasteiger charge is -2.25. The summed E-state index contributed by atoms with van der Waals surface area (Å²) in [5, 5.41) is 3.03. The Kier molecular flexibility index (Phi) is 4.43. The molecular formula is C16H18BrFN2S. The van der Waals surface area contributed by atoms with Crippen molar-refractivity contribution in [1.82, 2.24) is 4.98 Å². The molecule has 2 nitrogen and oxygen atoms in total. The molecule has 1 aliphatic rings. The molecule has 0 amide bonds. The van der Waals surface area contributed by atoms with Gasteiger partial charge in [-0.2, -0.15) is 0 Å². The van der Waals surface area contributed by atoms with E-state index in [9.17, 15) is 4.39 Å².